The van der Waals surface area contributed by atoms with Gasteiger partial charge in [0, 0.05) is 18.8 Å². The summed E-state index contributed by atoms with van der Waals surface area (Å²) in [6, 6.07) is 10.6. The van der Waals surface area contributed by atoms with E-state index in [1.54, 1.807) is 0 Å². The Kier molecular flexibility index (Phi) is 7.95. The van der Waals surface area contributed by atoms with Gasteiger partial charge in [-0.25, -0.2) is 0 Å². The van der Waals surface area contributed by atoms with Crippen LogP contribution in [0.15, 0.2) is 30.3 Å². The van der Waals surface area contributed by atoms with Crippen molar-refractivity contribution < 1.29 is 0 Å². The number of nitrogens with zero attached hydrogens (tertiary/aromatic N) is 1. The Morgan fingerprint density at radius 1 is 1.07 bits per heavy atom. The lowest BCUT2D eigenvalue weighted by Gasteiger charge is -2.22. The molecule has 0 saturated carbocycles. The van der Waals surface area contributed by atoms with Gasteiger partial charge in [-0.1, -0.05) is 31.5 Å². The molecule has 0 fully saturated rings. The normalized spacial score (nSPS) is 9.29. The van der Waals surface area contributed by atoms with Crippen LogP contribution in [0.2, 0.25) is 0 Å². The van der Waals surface area contributed by atoms with Gasteiger partial charge in [-0.15, -0.1) is 24.0 Å². The summed E-state index contributed by atoms with van der Waals surface area (Å²) in [4.78, 5) is 2.42. The lowest BCUT2D eigenvalue weighted by atomic mass is 10.2. The second kappa shape index (κ2) is 8.09. The van der Waals surface area contributed by atoms with Gasteiger partial charge >= 0.3 is 0 Å². The van der Waals surface area contributed by atoms with Crippen molar-refractivity contribution in [3.05, 3.63) is 30.3 Å². The fourth-order valence-electron chi connectivity index (χ4n) is 1.46. The topological polar surface area (TPSA) is 3.24 Å². The highest BCUT2D eigenvalue weighted by atomic mass is 127. The molecule has 0 spiro atoms. The van der Waals surface area contributed by atoms with E-state index in [1.165, 1.54) is 25.1 Å². The molecule has 80 valence electrons. The van der Waals surface area contributed by atoms with Gasteiger partial charge in [0.05, 0.1) is 0 Å². The maximum absolute atomic E-state index is 2.42. The van der Waals surface area contributed by atoms with Crippen LogP contribution in [0.5, 0.6) is 0 Å². The molecule has 0 radical (unpaired) electrons. The highest BCUT2D eigenvalue weighted by molar-refractivity contribution is 14.0. The second-order valence-corrected chi connectivity index (χ2v) is 3.27. The molecule has 0 aliphatic heterocycles. The molecule has 0 aliphatic rings. The molecule has 0 unspecified atom stereocenters. The molecule has 0 heterocycles. The first kappa shape index (κ1) is 13.8. The summed E-state index contributed by atoms with van der Waals surface area (Å²) in [5.74, 6) is 0. The van der Waals surface area contributed by atoms with Gasteiger partial charge in [-0.3, -0.25) is 0 Å². The molecule has 0 N–H and O–H groups in total. The van der Waals surface area contributed by atoms with Crippen molar-refractivity contribution in [3.63, 3.8) is 0 Å². The zero-order valence-electron chi connectivity index (χ0n) is 9.07. The number of anilines is 1. The van der Waals surface area contributed by atoms with Gasteiger partial charge in [0.15, 0.2) is 0 Å². The highest BCUT2D eigenvalue weighted by Gasteiger charge is 2.00. The van der Waals surface area contributed by atoms with Crippen molar-refractivity contribution in [2.45, 2.75) is 26.7 Å². The third kappa shape index (κ3) is 4.31. The molecule has 1 aromatic rings. The number of para-hydroxylation sites is 1. The van der Waals surface area contributed by atoms with Crippen LogP contribution in [0.4, 0.5) is 5.69 Å². The van der Waals surface area contributed by atoms with Gasteiger partial charge in [0.1, 0.15) is 0 Å². The molecule has 1 aromatic carbocycles. The third-order valence-corrected chi connectivity index (χ3v) is 2.28. The van der Waals surface area contributed by atoms with Crippen LogP contribution in [0.3, 0.4) is 0 Å². The first-order valence-electron chi connectivity index (χ1n) is 5.18. The van der Waals surface area contributed by atoms with Crippen LogP contribution in [-0.4, -0.2) is 13.1 Å². The van der Waals surface area contributed by atoms with E-state index < -0.39 is 0 Å². The van der Waals surface area contributed by atoms with Crippen LogP contribution in [0.25, 0.3) is 0 Å². The first-order chi connectivity index (χ1) is 6.38. The predicted octanol–water partition coefficient (Wildman–Crippen LogP) is 3.93. The van der Waals surface area contributed by atoms with Crippen LogP contribution in [-0.2, 0) is 0 Å². The summed E-state index contributed by atoms with van der Waals surface area (Å²) >= 11 is 0. The summed E-state index contributed by atoms with van der Waals surface area (Å²) in [6.07, 6.45) is 2.55. The number of hydrogen-bond acceptors (Lipinski definition) is 1. The van der Waals surface area contributed by atoms with E-state index in [0.717, 1.165) is 6.54 Å². The number of unbranched alkanes of at least 4 members (excludes halogenated alkanes) is 1. The molecule has 0 amide bonds. The smallest absolute Gasteiger partial charge is 0.0366 e. The molecule has 1 rings (SSSR count). The Balaban J connectivity index is 0.00000169. The van der Waals surface area contributed by atoms with Gasteiger partial charge in [-0.05, 0) is 25.5 Å². The summed E-state index contributed by atoms with van der Waals surface area (Å²) in [7, 11) is 0. The average molecular weight is 305 g/mol. The Morgan fingerprint density at radius 2 is 1.71 bits per heavy atom. The Morgan fingerprint density at radius 3 is 2.21 bits per heavy atom. The van der Waals surface area contributed by atoms with E-state index in [4.69, 9.17) is 0 Å². The summed E-state index contributed by atoms with van der Waals surface area (Å²) in [6.45, 7) is 6.72. The van der Waals surface area contributed by atoms with Crippen LogP contribution in [0, 0.1) is 0 Å². The minimum absolute atomic E-state index is 0. The Hall–Kier alpha value is -0.250. The minimum Gasteiger partial charge on any atom is -0.372 e. The van der Waals surface area contributed by atoms with Crippen LogP contribution in [0.1, 0.15) is 26.7 Å². The maximum atomic E-state index is 2.42. The van der Waals surface area contributed by atoms with Gasteiger partial charge < -0.3 is 4.90 Å². The maximum Gasteiger partial charge on any atom is 0.0366 e. The van der Waals surface area contributed by atoms with Gasteiger partial charge in [-0.2, -0.15) is 0 Å². The minimum atomic E-state index is 0. The lowest BCUT2D eigenvalue weighted by Crippen LogP contribution is -2.23. The van der Waals surface area contributed by atoms with Crippen LogP contribution < -0.4 is 4.90 Å². The van der Waals surface area contributed by atoms with E-state index >= 15 is 0 Å². The molecule has 0 aliphatic carbocycles. The zero-order chi connectivity index (χ0) is 9.52. The molecular formula is C12H20IN. The van der Waals surface area contributed by atoms with Crippen molar-refractivity contribution in [1.82, 2.24) is 0 Å². The second-order valence-electron chi connectivity index (χ2n) is 3.27. The van der Waals surface area contributed by atoms with E-state index in [0.29, 0.717) is 0 Å². The monoisotopic (exact) mass is 305 g/mol. The van der Waals surface area contributed by atoms with Crippen LogP contribution >= 0.6 is 24.0 Å². The molecule has 0 saturated heterocycles. The lowest BCUT2D eigenvalue weighted by molar-refractivity contribution is 0.732. The number of hydrogen-bond donors (Lipinski definition) is 0. The fraction of sp³-hybridized carbons (Fsp3) is 0.500. The van der Waals surface area contributed by atoms with E-state index in [1.807, 2.05) is 0 Å². The SMILES string of the molecule is CCCCN(CC)c1ccccc1.I. The van der Waals surface area contributed by atoms with Gasteiger partial charge in [0.2, 0.25) is 0 Å². The number of halogens is 1. The van der Waals surface area contributed by atoms with Crippen molar-refractivity contribution in [2.24, 2.45) is 0 Å². The fourth-order valence-corrected chi connectivity index (χ4v) is 1.46. The first-order valence-corrected chi connectivity index (χ1v) is 5.18. The molecule has 14 heavy (non-hydrogen) atoms. The highest BCUT2D eigenvalue weighted by Crippen LogP contribution is 2.13. The molecule has 2 heteroatoms. The summed E-state index contributed by atoms with van der Waals surface area (Å²) in [5.41, 5.74) is 1.35. The third-order valence-electron chi connectivity index (χ3n) is 2.28. The van der Waals surface area contributed by atoms with Gasteiger partial charge in [0.25, 0.3) is 0 Å². The molecule has 1 nitrogen and oxygen atoms in total. The standard InChI is InChI=1S/C12H19N.HI/c1-3-5-11-13(4-2)12-9-7-6-8-10-12;/h6-10H,3-5,11H2,1-2H3;1H. The number of benzene rings is 1. The Labute approximate surface area is 105 Å². The van der Waals surface area contributed by atoms with Crippen molar-refractivity contribution >= 4 is 29.7 Å². The van der Waals surface area contributed by atoms with E-state index in [9.17, 15) is 0 Å². The van der Waals surface area contributed by atoms with Crippen molar-refractivity contribution in [2.75, 3.05) is 18.0 Å². The van der Waals surface area contributed by atoms with Crippen molar-refractivity contribution in [1.29, 1.82) is 0 Å². The number of rotatable bonds is 5. The summed E-state index contributed by atoms with van der Waals surface area (Å²) < 4.78 is 0. The molecule has 0 atom stereocenters. The quantitative estimate of drug-likeness (QED) is 0.745. The predicted molar refractivity (Wildman–Crippen MR) is 74.7 cm³/mol. The average Bonchev–Trinajstić information content (AvgIpc) is 2.21. The van der Waals surface area contributed by atoms with E-state index in [-0.39, 0.29) is 24.0 Å². The molecule has 0 bridgehead atoms. The largest absolute Gasteiger partial charge is 0.372 e. The Bertz CT molecular complexity index is 223. The molecular weight excluding hydrogens is 285 g/mol. The van der Waals surface area contributed by atoms with E-state index in [2.05, 4.69) is 49.1 Å². The summed E-state index contributed by atoms with van der Waals surface area (Å²) in [5, 5.41) is 0. The zero-order valence-corrected chi connectivity index (χ0v) is 11.4. The molecule has 0 aromatic heterocycles. The van der Waals surface area contributed by atoms with Crippen molar-refractivity contribution in [3.8, 4) is 0 Å².